The zero-order valence-corrected chi connectivity index (χ0v) is 13.3. The molecule has 2 aromatic rings. The van der Waals surface area contributed by atoms with Crippen molar-refractivity contribution in [3.63, 3.8) is 0 Å². The number of carbonyl (C=O) groups is 1. The summed E-state index contributed by atoms with van der Waals surface area (Å²) in [6.07, 6.45) is 0. The molecular weight excluding hydrogens is 314 g/mol. The zero-order valence-electron chi connectivity index (χ0n) is 13.3. The van der Waals surface area contributed by atoms with Crippen molar-refractivity contribution in [2.75, 3.05) is 19.4 Å². The van der Waals surface area contributed by atoms with E-state index in [2.05, 4.69) is 20.8 Å². The summed E-state index contributed by atoms with van der Waals surface area (Å²) < 4.78 is 1.45. The van der Waals surface area contributed by atoms with Gasteiger partial charge >= 0.3 is 0 Å². The van der Waals surface area contributed by atoms with Crippen LogP contribution < -0.4 is 5.32 Å². The SMILES string of the molecule is CC1=C(C(=O)N(C)C)C(c2cccc([N+](=O)[O-])c2)n2nnnc2N1. The number of non-ortho nitro benzene ring substituents is 1. The van der Waals surface area contributed by atoms with E-state index < -0.39 is 11.0 Å². The van der Waals surface area contributed by atoms with E-state index in [0.717, 1.165) is 0 Å². The molecule has 1 amide bonds. The first-order chi connectivity index (χ1) is 11.4. The van der Waals surface area contributed by atoms with Gasteiger partial charge in [-0.05, 0) is 22.9 Å². The number of tetrazole rings is 1. The van der Waals surface area contributed by atoms with Gasteiger partial charge in [-0.25, -0.2) is 0 Å². The summed E-state index contributed by atoms with van der Waals surface area (Å²) >= 11 is 0. The van der Waals surface area contributed by atoms with Crippen molar-refractivity contribution in [2.24, 2.45) is 0 Å². The zero-order chi connectivity index (χ0) is 17.4. The highest BCUT2D eigenvalue weighted by Gasteiger charge is 2.35. The molecule has 0 fully saturated rings. The van der Waals surface area contributed by atoms with Crippen LogP contribution in [0.3, 0.4) is 0 Å². The molecule has 0 aliphatic carbocycles. The smallest absolute Gasteiger partial charge is 0.269 e. The molecule has 124 valence electrons. The number of hydrogen-bond acceptors (Lipinski definition) is 7. The fraction of sp³-hybridized carbons (Fsp3) is 0.286. The van der Waals surface area contributed by atoms with Crippen molar-refractivity contribution >= 4 is 17.5 Å². The van der Waals surface area contributed by atoms with Gasteiger partial charge in [-0.15, -0.1) is 0 Å². The van der Waals surface area contributed by atoms with E-state index in [1.54, 1.807) is 33.2 Å². The van der Waals surface area contributed by atoms with Crippen molar-refractivity contribution < 1.29 is 9.72 Å². The minimum atomic E-state index is -0.647. The molecule has 1 aromatic carbocycles. The molecule has 1 aliphatic rings. The highest BCUT2D eigenvalue weighted by atomic mass is 16.6. The number of anilines is 1. The number of nitrogens with one attached hydrogen (secondary N) is 1. The van der Waals surface area contributed by atoms with E-state index in [1.807, 2.05) is 0 Å². The third kappa shape index (κ3) is 2.47. The fourth-order valence-electron chi connectivity index (χ4n) is 2.65. The molecule has 10 nitrogen and oxygen atoms in total. The quantitative estimate of drug-likeness (QED) is 0.658. The number of rotatable bonds is 3. The average Bonchev–Trinajstić information content (AvgIpc) is 3.00. The normalized spacial score (nSPS) is 16.4. The Bertz CT molecular complexity index is 856. The van der Waals surface area contributed by atoms with Crippen LogP contribution >= 0.6 is 0 Å². The summed E-state index contributed by atoms with van der Waals surface area (Å²) in [4.78, 5) is 24.7. The van der Waals surface area contributed by atoms with Crippen LogP contribution in [0.15, 0.2) is 35.5 Å². The van der Waals surface area contributed by atoms with Crippen molar-refractivity contribution in [1.82, 2.24) is 25.1 Å². The molecule has 1 aliphatic heterocycles. The van der Waals surface area contributed by atoms with Crippen LogP contribution in [0.4, 0.5) is 11.6 Å². The molecule has 24 heavy (non-hydrogen) atoms. The van der Waals surface area contributed by atoms with E-state index >= 15 is 0 Å². The fourth-order valence-corrected chi connectivity index (χ4v) is 2.65. The summed E-state index contributed by atoms with van der Waals surface area (Å²) in [5.74, 6) is 0.150. The number of carbonyl (C=O) groups excluding carboxylic acids is 1. The number of nitrogens with zero attached hydrogens (tertiary/aromatic N) is 6. The summed E-state index contributed by atoms with van der Waals surface area (Å²) in [6, 6.07) is 5.47. The Labute approximate surface area is 136 Å². The number of hydrogen-bond donors (Lipinski definition) is 1. The minimum Gasteiger partial charge on any atom is -0.345 e. The number of nitro groups is 1. The largest absolute Gasteiger partial charge is 0.345 e. The lowest BCUT2D eigenvalue weighted by Gasteiger charge is -2.29. The molecule has 1 atom stereocenters. The number of amides is 1. The van der Waals surface area contributed by atoms with Crippen LogP contribution in [0.2, 0.25) is 0 Å². The monoisotopic (exact) mass is 329 g/mol. The number of fused-ring (bicyclic) bond motifs is 1. The number of allylic oxidation sites excluding steroid dienone is 1. The highest BCUT2D eigenvalue weighted by molar-refractivity contribution is 5.96. The first kappa shape index (κ1) is 15.6. The Morgan fingerprint density at radius 2 is 2.17 bits per heavy atom. The molecule has 1 unspecified atom stereocenters. The summed E-state index contributed by atoms with van der Waals surface area (Å²) in [5, 5.41) is 25.5. The lowest BCUT2D eigenvalue weighted by atomic mass is 9.94. The minimum absolute atomic E-state index is 0.0602. The van der Waals surface area contributed by atoms with E-state index in [0.29, 0.717) is 22.8 Å². The lowest BCUT2D eigenvalue weighted by Crippen LogP contribution is -2.34. The number of aromatic nitrogens is 4. The van der Waals surface area contributed by atoms with Gasteiger partial charge in [-0.3, -0.25) is 14.9 Å². The van der Waals surface area contributed by atoms with Crippen LogP contribution in [0.1, 0.15) is 18.5 Å². The Hall–Kier alpha value is -3.30. The molecule has 1 aromatic heterocycles. The maximum atomic E-state index is 12.7. The van der Waals surface area contributed by atoms with E-state index in [4.69, 9.17) is 0 Å². The van der Waals surface area contributed by atoms with Gasteiger partial charge in [-0.2, -0.15) is 4.68 Å². The third-order valence-corrected chi connectivity index (χ3v) is 3.75. The maximum Gasteiger partial charge on any atom is 0.269 e. The Morgan fingerprint density at radius 3 is 2.83 bits per heavy atom. The van der Waals surface area contributed by atoms with Crippen molar-refractivity contribution in [1.29, 1.82) is 0 Å². The summed E-state index contributed by atoms with van der Waals surface area (Å²) in [6.45, 7) is 1.75. The molecule has 0 saturated heterocycles. The van der Waals surface area contributed by atoms with Gasteiger partial charge < -0.3 is 10.2 Å². The maximum absolute atomic E-state index is 12.7. The second-order valence-electron chi connectivity index (χ2n) is 5.56. The molecule has 1 N–H and O–H groups in total. The Balaban J connectivity index is 2.20. The standard InChI is InChI=1S/C14H15N7O3/c1-8-11(13(22)19(2)3)12(20-14(15-8)16-17-18-20)9-5-4-6-10(7-9)21(23)24/h4-7,12H,1-3H3,(H,15,16,18). The second kappa shape index (κ2) is 5.72. The highest BCUT2D eigenvalue weighted by Crippen LogP contribution is 2.35. The first-order valence-electron chi connectivity index (χ1n) is 7.12. The molecule has 0 saturated carbocycles. The van der Waals surface area contributed by atoms with Crippen molar-refractivity contribution in [3.05, 3.63) is 51.2 Å². The Morgan fingerprint density at radius 1 is 1.42 bits per heavy atom. The molecular formula is C14H15N7O3. The van der Waals surface area contributed by atoms with Gasteiger partial charge in [-0.1, -0.05) is 17.2 Å². The molecule has 0 bridgehead atoms. The number of benzene rings is 1. The van der Waals surface area contributed by atoms with Crippen LogP contribution in [0.25, 0.3) is 0 Å². The topological polar surface area (TPSA) is 119 Å². The molecule has 2 heterocycles. The van der Waals surface area contributed by atoms with Crippen LogP contribution in [0.5, 0.6) is 0 Å². The predicted molar refractivity (Wildman–Crippen MR) is 84.1 cm³/mol. The van der Waals surface area contributed by atoms with Gasteiger partial charge in [0.15, 0.2) is 0 Å². The molecule has 0 spiro atoms. The van der Waals surface area contributed by atoms with Crippen LogP contribution in [-0.4, -0.2) is 50.0 Å². The van der Waals surface area contributed by atoms with Crippen molar-refractivity contribution in [3.8, 4) is 0 Å². The van der Waals surface area contributed by atoms with Gasteiger partial charge in [0.25, 0.3) is 11.6 Å². The Kier molecular flexibility index (Phi) is 3.72. The second-order valence-corrected chi connectivity index (χ2v) is 5.56. The van der Waals surface area contributed by atoms with E-state index in [-0.39, 0.29) is 11.6 Å². The van der Waals surface area contributed by atoms with Crippen LogP contribution in [-0.2, 0) is 4.79 Å². The summed E-state index contributed by atoms with van der Waals surface area (Å²) in [7, 11) is 3.28. The summed E-state index contributed by atoms with van der Waals surface area (Å²) in [5.41, 5.74) is 1.53. The number of nitro benzene ring substituents is 1. The van der Waals surface area contributed by atoms with Gasteiger partial charge in [0.05, 0.1) is 10.5 Å². The third-order valence-electron chi connectivity index (χ3n) is 3.75. The van der Waals surface area contributed by atoms with E-state index in [1.165, 1.54) is 21.7 Å². The van der Waals surface area contributed by atoms with Crippen molar-refractivity contribution in [2.45, 2.75) is 13.0 Å². The average molecular weight is 329 g/mol. The van der Waals surface area contributed by atoms with Gasteiger partial charge in [0.2, 0.25) is 5.95 Å². The van der Waals surface area contributed by atoms with Gasteiger partial charge in [0.1, 0.15) is 6.04 Å². The van der Waals surface area contributed by atoms with Crippen LogP contribution in [0, 0.1) is 10.1 Å². The van der Waals surface area contributed by atoms with E-state index in [9.17, 15) is 14.9 Å². The van der Waals surface area contributed by atoms with Gasteiger partial charge in [0, 0.05) is 31.9 Å². The molecule has 0 radical (unpaired) electrons. The lowest BCUT2D eigenvalue weighted by molar-refractivity contribution is -0.384. The predicted octanol–water partition coefficient (Wildman–Crippen LogP) is 0.958. The molecule has 3 rings (SSSR count). The first-order valence-corrected chi connectivity index (χ1v) is 7.12. The molecule has 10 heteroatoms. The number of likely N-dealkylation sites (N-methyl/N-ethyl adjacent to an activating group) is 1.